The number of aromatic nitrogens is 1. The standard InChI is InChI=1S/C16H12BrNO/c17-11-15-10-16(19-18-15)14-8-6-13(7-9-14)12-4-2-1-3-5-12/h1-10H,11H2. The number of hydrogen-bond acceptors (Lipinski definition) is 2. The molecular weight excluding hydrogens is 302 g/mol. The Bertz CT molecular complexity index is 659. The van der Waals surface area contributed by atoms with Gasteiger partial charge in [-0.3, -0.25) is 0 Å². The van der Waals surface area contributed by atoms with E-state index in [-0.39, 0.29) is 0 Å². The molecule has 1 aromatic heterocycles. The summed E-state index contributed by atoms with van der Waals surface area (Å²) in [7, 11) is 0. The lowest BCUT2D eigenvalue weighted by Crippen LogP contribution is -1.78. The van der Waals surface area contributed by atoms with E-state index >= 15 is 0 Å². The SMILES string of the molecule is BrCc1cc(-c2ccc(-c3ccccc3)cc2)on1. The Hall–Kier alpha value is -1.87. The van der Waals surface area contributed by atoms with Gasteiger partial charge >= 0.3 is 0 Å². The molecule has 0 amide bonds. The first kappa shape index (κ1) is 12.2. The van der Waals surface area contributed by atoms with E-state index in [1.165, 1.54) is 11.1 Å². The van der Waals surface area contributed by atoms with Gasteiger partial charge in [0, 0.05) is 17.0 Å². The zero-order valence-electron chi connectivity index (χ0n) is 10.2. The van der Waals surface area contributed by atoms with Crippen LogP contribution in [0, 0.1) is 0 Å². The van der Waals surface area contributed by atoms with Crippen LogP contribution in [-0.2, 0) is 5.33 Å². The monoisotopic (exact) mass is 313 g/mol. The van der Waals surface area contributed by atoms with Crippen LogP contribution in [0.2, 0.25) is 0 Å². The molecule has 2 aromatic carbocycles. The Morgan fingerprint density at radius 1 is 0.842 bits per heavy atom. The van der Waals surface area contributed by atoms with Gasteiger partial charge < -0.3 is 4.52 Å². The molecule has 0 aliphatic rings. The number of rotatable bonds is 3. The Labute approximate surface area is 120 Å². The van der Waals surface area contributed by atoms with Gasteiger partial charge in [-0.1, -0.05) is 75.7 Å². The molecule has 0 radical (unpaired) electrons. The second-order valence-corrected chi connectivity index (χ2v) is 4.82. The Morgan fingerprint density at radius 2 is 1.47 bits per heavy atom. The van der Waals surface area contributed by atoms with Gasteiger partial charge in [0.15, 0.2) is 5.76 Å². The van der Waals surface area contributed by atoms with Crippen LogP contribution in [0.3, 0.4) is 0 Å². The summed E-state index contributed by atoms with van der Waals surface area (Å²) in [5.74, 6) is 0.800. The maximum absolute atomic E-state index is 5.31. The van der Waals surface area contributed by atoms with Crippen LogP contribution in [-0.4, -0.2) is 5.16 Å². The average molecular weight is 314 g/mol. The zero-order valence-corrected chi connectivity index (χ0v) is 11.8. The third kappa shape index (κ3) is 2.61. The normalized spacial score (nSPS) is 10.6. The molecular formula is C16H12BrNO. The van der Waals surface area contributed by atoms with Gasteiger partial charge in [-0.15, -0.1) is 0 Å². The van der Waals surface area contributed by atoms with Crippen molar-refractivity contribution in [3.63, 3.8) is 0 Å². The third-order valence-electron chi connectivity index (χ3n) is 2.97. The number of alkyl halides is 1. The fourth-order valence-electron chi connectivity index (χ4n) is 1.97. The van der Waals surface area contributed by atoms with E-state index in [1.807, 2.05) is 24.3 Å². The lowest BCUT2D eigenvalue weighted by Gasteiger charge is -2.02. The van der Waals surface area contributed by atoms with Gasteiger partial charge in [-0.2, -0.15) is 0 Å². The van der Waals surface area contributed by atoms with E-state index in [0.717, 1.165) is 17.0 Å². The molecule has 19 heavy (non-hydrogen) atoms. The Morgan fingerprint density at radius 3 is 2.11 bits per heavy atom. The first-order valence-electron chi connectivity index (χ1n) is 6.04. The molecule has 1 heterocycles. The van der Waals surface area contributed by atoms with Crippen LogP contribution < -0.4 is 0 Å². The summed E-state index contributed by atoms with van der Waals surface area (Å²) in [6, 6.07) is 20.6. The summed E-state index contributed by atoms with van der Waals surface area (Å²) in [5, 5.41) is 4.68. The molecule has 0 saturated carbocycles. The summed E-state index contributed by atoms with van der Waals surface area (Å²) < 4.78 is 5.31. The number of hydrogen-bond donors (Lipinski definition) is 0. The Kier molecular flexibility index (Phi) is 3.47. The highest BCUT2D eigenvalue weighted by molar-refractivity contribution is 9.08. The van der Waals surface area contributed by atoms with Crippen molar-refractivity contribution in [1.82, 2.24) is 5.16 Å². The van der Waals surface area contributed by atoms with Crippen LogP contribution in [0.4, 0.5) is 0 Å². The molecule has 3 aromatic rings. The molecule has 94 valence electrons. The highest BCUT2D eigenvalue weighted by Gasteiger charge is 2.06. The summed E-state index contributed by atoms with van der Waals surface area (Å²) in [5.41, 5.74) is 4.36. The predicted octanol–water partition coefficient (Wildman–Crippen LogP) is 4.90. The average Bonchev–Trinajstić information content (AvgIpc) is 2.97. The van der Waals surface area contributed by atoms with Crippen molar-refractivity contribution in [1.29, 1.82) is 0 Å². The number of halogens is 1. The minimum absolute atomic E-state index is 0.707. The van der Waals surface area contributed by atoms with Crippen molar-refractivity contribution in [2.45, 2.75) is 5.33 Å². The maximum atomic E-state index is 5.31. The van der Waals surface area contributed by atoms with Gasteiger partial charge in [-0.25, -0.2) is 0 Å². The second kappa shape index (κ2) is 5.41. The molecule has 0 aliphatic heterocycles. The quantitative estimate of drug-likeness (QED) is 0.642. The van der Waals surface area contributed by atoms with Crippen molar-refractivity contribution >= 4 is 15.9 Å². The highest BCUT2D eigenvalue weighted by Crippen LogP contribution is 2.25. The predicted molar refractivity (Wildman–Crippen MR) is 80.0 cm³/mol. The molecule has 0 N–H and O–H groups in total. The second-order valence-electron chi connectivity index (χ2n) is 4.26. The summed E-state index contributed by atoms with van der Waals surface area (Å²) in [6.45, 7) is 0. The van der Waals surface area contributed by atoms with Crippen molar-refractivity contribution in [2.75, 3.05) is 0 Å². The fourth-order valence-corrected chi connectivity index (χ4v) is 2.23. The maximum Gasteiger partial charge on any atom is 0.167 e. The summed E-state index contributed by atoms with van der Waals surface area (Å²) in [4.78, 5) is 0. The lowest BCUT2D eigenvalue weighted by atomic mass is 10.0. The van der Waals surface area contributed by atoms with Crippen LogP contribution in [0.1, 0.15) is 5.69 Å². The van der Waals surface area contributed by atoms with E-state index in [1.54, 1.807) is 0 Å². The molecule has 0 atom stereocenters. The topological polar surface area (TPSA) is 26.0 Å². The number of benzene rings is 2. The lowest BCUT2D eigenvalue weighted by molar-refractivity contribution is 0.426. The zero-order chi connectivity index (χ0) is 13.1. The first-order valence-corrected chi connectivity index (χ1v) is 7.16. The van der Waals surface area contributed by atoms with Crippen molar-refractivity contribution in [3.8, 4) is 22.5 Å². The molecule has 0 aliphatic carbocycles. The number of nitrogens with zero attached hydrogens (tertiary/aromatic N) is 1. The van der Waals surface area contributed by atoms with Crippen LogP contribution in [0.25, 0.3) is 22.5 Å². The van der Waals surface area contributed by atoms with Crippen molar-refractivity contribution in [2.24, 2.45) is 0 Å². The largest absolute Gasteiger partial charge is 0.356 e. The van der Waals surface area contributed by atoms with E-state index in [4.69, 9.17) is 4.52 Å². The molecule has 0 saturated heterocycles. The van der Waals surface area contributed by atoms with E-state index in [2.05, 4.69) is 57.5 Å². The Balaban J connectivity index is 1.90. The molecule has 0 bridgehead atoms. The first-order chi connectivity index (χ1) is 9.36. The summed E-state index contributed by atoms with van der Waals surface area (Å²) >= 11 is 3.36. The summed E-state index contributed by atoms with van der Waals surface area (Å²) in [6.07, 6.45) is 0. The van der Waals surface area contributed by atoms with Gasteiger partial charge in [0.1, 0.15) is 0 Å². The minimum Gasteiger partial charge on any atom is -0.356 e. The van der Waals surface area contributed by atoms with Crippen LogP contribution in [0.5, 0.6) is 0 Å². The molecule has 0 spiro atoms. The fraction of sp³-hybridized carbons (Fsp3) is 0.0625. The van der Waals surface area contributed by atoms with Crippen molar-refractivity contribution < 1.29 is 4.52 Å². The van der Waals surface area contributed by atoms with Crippen LogP contribution >= 0.6 is 15.9 Å². The van der Waals surface area contributed by atoms with E-state index in [9.17, 15) is 0 Å². The van der Waals surface area contributed by atoms with Gasteiger partial charge in [0.05, 0.1) is 5.69 Å². The smallest absolute Gasteiger partial charge is 0.167 e. The van der Waals surface area contributed by atoms with Crippen LogP contribution in [0.15, 0.2) is 65.2 Å². The molecule has 3 heteroatoms. The molecule has 3 rings (SSSR count). The molecule has 0 fully saturated rings. The third-order valence-corrected chi connectivity index (χ3v) is 3.55. The van der Waals surface area contributed by atoms with Gasteiger partial charge in [0.2, 0.25) is 0 Å². The minimum atomic E-state index is 0.707. The van der Waals surface area contributed by atoms with E-state index in [0.29, 0.717) is 5.33 Å². The molecule has 0 unspecified atom stereocenters. The van der Waals surface area contributed by atoms with Crippen molar-refractivity contribution in [3.05, 3.63) is 66.4 Å². The van der Waals surface area contributed by atoms with E-state index < -0.39 is 0 Å². The van der Waals surface area contributed by atoms with Gasteiger partial charge in [-0.05, 0) is 11.1 Å². The highest BCUT2D eigenvalue weighted by atomic mass is 79.9. The molecule has 2 nitrogen and oxygen atoms in total. The van der Waals surface area contributed by atoms with Gasteiger partial charge in [0.25, 0.3) is 0 Å².